The van der Waals surface area contributed by atoms with E-state index in [1.165, 1.54) is 0 Å². The topological polar surface area (TPSA) is 62.3 Å². The summed E-state index contributed by atoms with van der Waals surface area (Å²) in [6, 6.07) is 5.54. The van der Waals surface area contributed by atoms with Crippen LogP contribution in [0, 0.1) is 0 Å². The first-order chi connectivity index (χ1) is 9.20. The largest absolute Gasteiger partial charge is 0.495 e. The minimum Gasteiger partial charge on any atom is -0.495 e. The molecule has 1 aliphatic rings. The van der Waals surface area contributed by atoms with E-state index in [0.717, 1.165) is 23.4 Å². The SMILES string of the molecule is COc1cc(-n2nc(N)c3c2CCOC3)ccc1Cl. The van der Waals surface area contributed by atoms with E-state index < -0.39 is 0 Å². The Bertz CT molecular complexity index is 625. The third-order valence-electron chi connectivity index (χ3n) is 3.23. The van der Waals surface area contributed by atoms with Crippen LogP contribution in [0.25, 0.3) is 5.69 Å². The zero-order chi connectivity index (χ0) is 13.4. The normalized spacial score (nSPS) is 14.2. The number of aromatic nitrogens is 2. The first-order valence-corrected chi connectivity index (χ1v) is 6.36. The van der Waals surface area contributed by atoms with Crippen LogP contribution in [0.4, 0.5) is 5.82 Å². The molecule has 0 spiro atoms. The Labute approximate surface area is 115 Å². The molecule has 0 unspecified atom stereocenters. The van der Waals surface area contributed by atoms with Gasteiger partial charge in [0.05, 0.1) is 36.7 Å². The molecule has 6 heteroatoms. The van der Waals surface area contributed by atoms with Crippen molar-refractivity contribution in [1.82, 2.24) is 9.78 Å². The van der Waals surface area contributed by atoms with E-state index in [9.17, 15) is 0 Å². The van der Waals surface area contributed by atoms with Crippen molar-refractivity contribution in [2.45, 2.75) is 13.0 Å². The van der Waals surface area contributed by atoms with Crippen molar-refractivity contribution in [1.29, 1.82) is 0 Å². The van der Waals surface area contributed by atoms with Crippen molar-refractivity contribution >= 4 is 17.4 Å². The highest BCUT2D eigenvalue weighted by atomic mass is 35.5. The summed E-state index contributed by atoms with van der Waals surface area (Å²) in [6.45, 7) is 1.20. The van der Waals surface area contributed by atoms with Gasteiger partial charge in [0, 0.05) is 18.1 Å². The lowest BCUT2D eigenvalue weighted by molar-refractivity contribution is 0.110. The molecule has 2 aromatic rings. The predicted octanol–water partition coefficient (Wildman–Crippen LogP) is 2.19. The summed E-state index contributed by atoms with van der Waals surface area (Å²) in [7, 11) is 1.59. The Morgan fingerprint density at radius 3 is 3.11 bits per heavy atom. The number of hydrogen-bond donors (Lipinski definition) is 1. The summed E-state index contributed by atoms with van der Waals surface area (Å²) in [5.41, 5.74) is 8.88. The lowest BCUT2D eigenvalue weighted by Crippen LogP contribution is -2.13. The molecule has 100 valence electrons. The molecule has 2 N–H and O–H groups in total. The number of hydrogen-bond acceptors (Lipinski definition) is 4. The number of halogens is 1. The number of fused-ring (bicyclic) bond motifs is 1. The van der Waals surface area contributed by atoms with E-state index in [-0.39, 0.29) is 0 Å². The predicted molar refractivity (Wildman–Crippen MR) is 72.9 cm³/mol. The van der Waals surface area contributed by atoms with Crippen molar-refractivity contribution in [2.24, 2.45) is 0 Å². The molecule has 1 aromatic heterocycles. The Hall–Kier alpha value is -1.72. The number of rotatable bonds is 2. The van der Waals surface area contributed by atoms with E-state index >= 15 is 0 Å². The molecular formula is C13H14ClN3O2. The molecule has 1 aromatic carbocycles. The maximum atomic E-state index is 6.03. The second-order valence-corrected chi connectivity index (χ2v) is 4.75. The van der Waals surface area contributed by atoms with Crippen LogP contribution in [0.5, 0.6) is 5.75 Å². The molecule has 5 nitrogen and oxygen atoms in total. The summed E-state index contributed by atoms with van der Waals surface area (Å²) < 4.78 is 12.5. The summed E-state index contributed by atoms with van der Waals surface area (Å²) in [5.74, 6) is 1.14. The molecular weight excluding hydrogens is 266 g/mol. The van der Waals surface area contributed by atoms with Crippen LogP contribution in [0.15, 0.2) is 18.2 Å². The van der Waals surface area contributed by atoms with E-state index in [0.29, 0.717) is 29.8 Å². The van der Waals surface area contributed by atoms with Gasteiger partial charge in [0.25, 0.3) is 0 Å². The van der Waals surface area contributed by atoms with Gasteiger partial charge in [-0.15, -0.1) is 0 Å². The molecule has 0 radical (unpaired) electrons. The van der Waals surface area contributed by atoms with Gasteiger partial charge in [-0.3, -0.25) is 0 Å². The molecule has 0 atom stereocenters. The van der Waals surface area contributed by atoms with Gasteiger partial charge in [0.2, 0.25) is 0 Å². The van der Waals surface area contributed by atoms with Gasteiger partial charge >= 0.3 is 0 Å². The van der Waals surface area contributed by atoms with Crippen molar-refractivity contribution < 1.29 is 9.47 Å². The van der Waals surface area contributed by atoms with Crippen LogP contribution < -0.4 is 10.5 Å². The lowest BCUT2D eigenvalue weighted by Gasteiger charge is -2.15. The summed E-state index contributed by atoms with van der Waals surface area (Å²) in [5, 5.41) is 4.96. The minimum atomic E-state index is 0.517. The maximum absolute atomic E-state index is 6.03. The van der Waals surface area contributed by atoms with Crippen molar-refractivity contribution in [3.05, 3.63) is 34.5 Å². The second-order valence-electron chi connectivity index (χ2n) is 4.34. The first-order valence-electron chi connectivity index (χ1n) is 5.98. The van der Waals surface area contributed by atoms with Crippen molar-refractivity contribution in [2.75, 3.05) is 19.5 Å². The third-order valence-corrected chi connectivity index (χ3v) is 3.54. The first kappa shape index (κ1) is 12.3. The third kappa shape index (κ3) is 2.05. The van der Waals surface area contributed by atoms with Crippen LogP contribution in [-0.2, 0) is 17.8 Å². The summed E-state index contributed by atoms with van der Waals surface area (Å²) in [6.07, 6.45) is 0.796. The smallest absolute Gasteiger partial charge is 0.151 e. The molecule has 0 saturated heterocycles. The van der Waals surface area contributed by atoms with Gasteiger partial charge in [-0.05, 0) is 12.1 Å². The number of nitrogen functional groups attached to an aromatic ring is 1. The Kier molecular flexibility index (Phi) is 3.08. The molecule has 0 amide bonds. The fourth-order valence-electron chi connectivity index (χ4n) is 2.26. The summed E-state index contributed by atoms with van der Waals surface area (Å²) in [4.78, 5) is 0. The molecule has 2 heterocycles. The highest BCUT2D eigenvalue weighted by molar-refractivity contribution is 6.32. The fourth-order valence-corrected chi connectivity index (χ4v) is 2.45. The van der Waals surface area contributed by atoms with E-state index in [2.05, 4.69) is 5.10 Å². The van der Waals surface area contributed by atoms with Crippen LogP contribution >= 0.6 is 11.6 Å². The van der Waals surface area contributed by atoms with Gasteiger partial charge in [-0.2, -0.15) is 5.10 Å². The molecule has 1 aliphatic heterocycles. The Morgan fingerprint density at radius 2 is 2.32 bits per heavy atom. The van der Waals surface area contributed by atoms with E-state index in [1.807, 2.05) is 16.8 Å². The zero-order valence-electron chi connectivity index (χ0n) is 10.5. The Morgan fingerprint density at radius 1 is 1.47 bits per heavy atom. The fraction of sp³-hybridized carbons (Fsp3) is 0.308. The van der Waals surface area contributed by atoms with Gasteiger partial charge in [-0.25, -0.2) is 4.68 Å². The van der Waals surface area contributed by atoms with Crippen LogP contribution in [-0.4, -0.2) is 23.5 Å². The number of benzene rings is 1. The quantitative estimate of drug-likeness (QED) is 0.915. The van der Waals surface area contributed by atoms with Gasteiger partial charge in [0.1, 0.15) is 5.75 Å². The molecule has 0 saturated carbocycles. The molecule has 19 heavy (non-hydrogen) atoms. The van der Waals surface area contributed by atoms with Gasteiger partial charge < -0.3 is 15.2 Å². The zero-order valence-corrected chi connectivity index (χ0v) is 11.3. The van der Waals surface area contributed by atoms with Crippen molar-refractivity contribution in [3.63, 3.8) is 0 Å². The van der Waals surface area contributed by atoms with Crippen LogP contribution in [0.2, 0.25) is 5.02 Å². The number of anilines is 1. The standard InChI is InChI=1S/C13H14ClN3O2/c1-18-12-6-8(2-3-10(12)14)17-11-4-5-19-7-9(11)13(15)16-17/h2-3,6H,4-5,7H2,1H3,(H2,15,16). The number of nitrogens with zero attached hydrogens (tertiary/aromatic N) is 2. The maximum Gasteiger partial charge on any atom is 0.151 e. The lowest BCUT2D eigenvalue weighted by atomic mass is 10.1. The van der Waals surface area contributed by atoms with Crippen molar-refractivity contribution in [3.8, 4) is 11.4 Å². The van der Waals surface area contributed by atoms with E-state index in [4.69, 9.17) is 26.8 Å². The summed E-state index contributed by atoms with van der Waals surface area (Å²) >= 11 is 6.03. The highest BCUT2D eigenvalue weighted by Gasteiger charge is 2.20. The minimum absolute atomic E-state index is 0.517. The molecule has 0 bridgehead atoms. The van der Waals surface area contributed by atoms with E-state index in [1.54, 1.807) is 13.2 Å². The molecule has 0 fully saturated rings. The Balaban J connectivity index is 2.12. The molecule has 0 aliphatic carbocycles. The van der Waals surface area contributed by atoms with Gasteiger partial charge in [0.15, 0.2) is 5.82 Å². The number of methoxy groups -OCH3 is 1. The highest BCUT2D eigenvalue weighted by Crippen LogP contribution is 2.30. The molecule has 3 rings (SSSR count). The van der Waals surface area contributed by atoms with Gasteiger partial charge in [-0.1, -0.05) is 11.6 Å². The average Bonchev–Trinajstić information content (AvgIpc) is 2.77. The monoisotopic (exact) mass is 279 g/mol. The average molecular weight is 280 g/mol. The number of nitrogens with two attached hydrogens (primary N) is 1. The second kappa shape index (κ2) is 4.75. The van der Waals surface area contributed by atoms with Crippen LogP contribution in [0.3, 0.4) is 0 Å². The van der Waals surface area contributed by atoms with Crippen LogP contribution in [0.1, 0.15) is 11.3 Å². The number of ether oxygens (including phenoxy) is 2.